The molecule has 1 aromatic carbocycles. The van der Waals surface area contributed by atoms with E-state index in [1.165, 1.54) is 0 Å². The van der Waals surface area contributed by atoms with Crippen LogP contribution in [0.2, 0.25) is 0 Å². The summed E-state index contributed by atoms with van der Waals surface area (Å²) >= 11 is 0. The molecule has 0 saturated carbocycles. The second kappa shape index (κ2) is 7.05. The van der Waals surface area contributed by atoms with Gasteiger partial charge >= 0.3 is 0 Å². The van der Waals surface area contributed by atoms with E-state index in [9.17, 15) is 0 Å². The van der Waals surface area contributed by atoms with E-state index in [1.807, 2.05) is 13.0 Å². The van der Waals surface area contributed by atoms with Crippen molar-refractivity contribution in [2.24, 2.45) is 0 Å². The van der Waals surface area contributed by atoms with Gasteiger partial charge in [-0.3, -0.25) is 0 Å². The molecule has 0 aliphatic carbocycles. The van der Waals surface area contributed by atoms with Crippen molar-refractivity contribution in [1.29, 1.82) is 5.26 Å². The Morgan fingerprint density at radius 1 is 1.40 bits per heavy atom. The summed E-state index contributed by atoms with van der Waals surface area (Å²) in [6, 6.07) is 5.71. The molecule has 0 atom stereocenters. The summed E-state index contributed by atoms with van der Waals surface area (Å²) in [6.07, 6.45) is 2.14. The van der Waals surface area contributed by atoms with Crippen molar-refractivity contribution in [3.05, 3.63) is 60.6 Å². The molecule has 1 aromatic rings. The van der Waals surface area contributed by atoms with Crippen molar-refractivity contribution >= 4 is 5.69 Å². The van der Waals surface area contributed by atoms with Crippen LogP contribution in [0.1, 0.15) is 17.5 Å². The normalized spacial score (nSPS) is 9.25. The van der Waals surface area contributed by atoms with Gasteiger partial charge in [-0.05, 0) is 24.8 Å². The monoisotopic (exact) mass is 269 g/mol. The number of aryl methyl sites for hydroxylation is 1. The number of nitrogens with one attached hydrogen (secondary N) is 2. The van der Waals surface area contributed by atoms with Crippen LogP contribution in [-0.4, -0.2) is 7.11 Å². The topological polar surface area (TPSA) is 57.1 Å². The van der Waals surface area contributed by atoms with Gasteiger partial charge in [0.05, 0.1) is 24.4 Å². The highest BCUT2D eigenvalue weighted by Gasteiger charge is 2.09. The average molecular weight is 269 g/mol. The molecule has 4 nitrogen and oxygen atoms in total. The SMILES string of the molecule is C=CNC(=C)CC(=C)Nc1cc(C)c(C#N)cc1OC. The van der Waals surface area contributed by atoms with E-state index in [0.717, 1.165) is 22.6 Å². The minimum Gasteiger partial charge on any atom is -0.495 e. The molecule has 0 fully saturated rings. The van der Waals surface area contributed by atoms with Gasteiger partial charge in [-0.1, -0.05) is 19.7 Å². The number of anilines is 1. The third-order valence-corrected chi connectivity index (χ3v) is 2.71. The lowest BCUT2D eigenvalue weighted by Crippen LogP contribution is -2.08. The summed E-state index contributed by atoms with van der Waals surface area (Å²) in [5, 5.41) is 15.1. The number of benzene rings is 1. The molecule has 0 aromatic heterocycles. The zero-order valence-corrected chi connectivity index (χ0v) is 11.9. The summed E-state index contributed by atoms with van der Waals surface area (Å²) in [4.78, 5) is 0. The third kappa shape index (κ3) is 3.92. The van der Waals surface area contributed by atoms with Crippen LogP contribution in [0.5, 0.6) is 5.75 Å². The lowest BCUT2D eigenvalue weighted by Gasteiger charge is -2.15. The molecule has 0 spiro atoms. The Kier molecular flexibility index (Phi) is 5.42. The molecule has 0 radical (unpaired) electrons. The highest BCUT2D eigenvalue weighted by molar-refractivity contribution is 5.64. The van der Waals surface area contributed by atoms with Crippen LogP contribution in [0, 0.1) is 18.3 Å². The van der Waals surface area contributed by atoms with E-state index < -0.39 is 0 Å². The number of hydrogen-bond acceptors (Lipinski definition) is 4. The second-order valence-electron chi connectivity index (χ2n) is 4.34. The maximum atomic E-state index is 9.02. The first-order chi connectivity index (χ1) is 9.51. The minimum atomic E-state index is 0.564. The Balaban J connectivity index is 2.89. The van der Waals surface area contributed by atoms with Gasteiger partial charge in [-0.25, -0.2) is 0 Å². The van der Waals surface area contributed by atoms with Gasteiger partial charge in [0.25, 0.3) is 0 Å². The number of methoxy groups -OCH3 is 1. The van der Waals surface area contributed by atoms with Crippen molar-refractivity contribution < 1.29 is 4.74 Å². The predicted molar refractivity (Wildman–Crippen MR) is 82.3 cm³/mol. The smallest absolute Gasteiger partial charge is 0.143 e. The Bertz CT molecular complexity index is 582. The van der Waals surface area contributed by atoms with Crippen molar-refractivity contribution in [2.45, 2.75) is 13.3 Å². The van der Waals surface area contributed by atoms with Gasteiger partial charge in [-0.15, -0.1) is 0 Å². The highest BCUT2D eigenvalue weighted by atomic mass is 16.5. The quantitative estimate of drug-likeness (QED) is 0.796. The maximum Gasteiger partial charge on any atom is 0.143 e. The van der Waals surface area contributed by atoms with Gasteiger partial charge in [-0.2, -0.15) is 5.26 Å². The molecular formula is C16H19N3O. The molecule has 0 amide bonds. The van der Waals surface area contributed by atoms with Gasteiger partial charge in [0, 0.05) is 23.9 Å². The van der Waals surface area contributed by atoms with E-state index in [0.29, 0.717) is 17.7 Å². The van der Waals surface area contributed by atoms with Crippen LogP contribution in [0.3, 0.4) is 0 Å². The fourth-order valence-corrected chi connectivity index (χ4v) is 1.76. The molecule has 2 N–H and O–H groups in total. The van der Waals surface area contributed by atoms with Crippen molar-refractivity contribution in [2.75, 3.05) is 12.4 Å². The summed E-state index contributed by atoms with van der Waals surface area (Å²) in [7, 11) is 1.57. The number of ether oxygens (including phenoxy) is 1. The fraction of sp³-hybridized carbons (Fsp3) is 0.188. The van der Waals surface area contributed by atoms with E-state index >= 15 is 0 Å². The van der Waals surface area contributed by atoms with E-state index in [4.69, 9.17) is 10.00 Å². The van der Waals surface area contributed by atoms with Crippen LogP contribution in [0.25, 0.3) is 0 Å². The summed E-state index contributed by atoms with van der Waals surface area (Å²) in [6.45, 7) is 13.3. The van der Waals surface area contributed by atoms with Gasteiger partial charge in [0.2, 0.25) is 0 Å². The number of nitriles is 1. The lowest BCUT2D eigenvalue weighted by molar-refractivity contribution is 0.416. The Morgan fingerprint density at radius 3 is 2.65 bits per heavy atom. The minimum absolute atomic E-state index is 0.564. The fourth-order valence-electron chi connectivity index (χ4n) is 1.76. The van der Waals surface area contributed by atoms with Crippen molar-refractivity contribution in [1.82, 2.24) is 5.32 Å². The molecule has 0 bridgehead atoms. The van der Waals surface area contributed by atoms with Crippen molar-refractivity contribution in [3.8, 4) is 11.8 Å². The van der Waals surface area contributed by atoms with Crippen LogP contribution < -0.4 is 15.4 Å². The molecule has 0 aliphatic rings. The first-order valence-electron chi connectivity index (χ1n) is 6.10. The molecule has 20 heavy (non-hydrogen) atoms. The van der Waals surface area contributed by atoms with Crippen LogP contribution in [0.15, 0.2) is 49.5 Å². The van der Waals surface area contributed by atoms with E-state index in [-0.39, 0.29) is 0 Å². The van der Waals surface area contributed by atoms with E-state index in [1.54, 1.807) is 19.4 Å². The number of hydrogen-bond donors (Lipinski definition) is 2. The number of nitrogens with zero attached hydrogens (tertiary/aromatic N) is 1. The lowest BCUT2D eigenvalue weighted by atomic mass is 10.1. The molecular weight excluding hydrogens is 250 g/mol. The molecule has 4 heteroatoms. The Hall–Kier alpha value is -2.67. The first kappa shape index (κ1) is 15.4. The maximum absolute atomic E-state index is 9.02. The van der Waals surface area contributed by atoms with Crippen molar-refractivity contribution in [3.63, 3.8) is 0 Å². The Labute approximate surface area is 120 Å². The largest absolute Gasteiger partial charge is 0.495 e. The Morgan fingerprint density at radius 2 is 2.10 bits per heavy atom. The molecule has 0 saturated heterocycles. The zero-order valence-electron chi connectivity index (χ0n) is 11.9. The van der Waals surface area contributed by atoms with Gasteiger partial charge < -0.3 is 15.4 Å². The standard InChI is InChI=1S/C16H19N3O/c1-6-18-12(3)8-13(4)19-15-7-11(2)14(10-17)9-16(15)20-5/h6-7,9,18-19H,1,3-4,8H2,2,5H3. The predicted octanol–water partition coefficient (Wildman–Crippen LogP) is 3.44. The molecule has 0 aliphatic heterocycles. The molecule has 0 unspecified atom stereocenters. The van der Waals surface area contributed by atoms with Gasteiger partial charge in [0.15, 0.2) is 0 Å². The van der Waals surface area contributed by atoms with Crippen LogP contribution in [0.4, 0.5) is 5.69 Å². The molecule has 1 rings (SSSR count). The highest BCUT2D eigenvalue weighted by Crippen LogP contribution is 2.29. The second-order valence-corrected chi connectivity index (χ2v) is 4.34. The molecule has 104 valence electrons. The summed E-state index contributed by atoms with van der Waals surface area (Å²) < 4.78 is 5.29. The third-order valence-electron chi connectivity index (χ3n) is 2.71. The summed E-state index contributed by atoms with van der Waals surface area (Å²) in [5.41, 5.74) is 3.82. The zero-order chi connectivity index (χ0) is 15.1. The first-order valence-corrected chi connectivity index (χ1v) is 6.10. The van der Waals surface area contributed by atoms with E-state index in [2.05, 4.69) is 36.4 Å². The number of rotatable bonds is 7. The van der Waals surface area contributed by atoms with Crippen LogP contribution >= 0.6 is 0 Å². The van der Waals surface area contributed by atoms with Gasteiger partial charge in [0.1, 0.15) is 5.75 Å². The van der Waals surface area contributed by atoms with Crippen LogP contribution in [-0.2, 0) is 0 Å². The molecule has 0 heterocycles. The summed E-state index contributed by atoms with van der Waals surface area (Å²) in [5.74, 6) is 0.607. The average Bonchev–Trinajstić information content (AvgIpc) is 2.39.